The van der Waals surface area contributed by atoms with Gasteiger partial charge in [0.2, 0.25) is 0 Å². The van der Waals surface area contributed by atoms with Gasteiger partial charge in [0, 0.05) is 17.8 Å². The highest BCUT2D eigenvalue weighted by molar-refractivity contribution is 7.80. The van der Waals surface area contributed by atoms with Gasteiger partial charge in [-0.05, 0) is 30.9 Å². The van der Waals surface area contributed by atoms with Crippen molar-refractivity contribution in [2.45, 2.75) is 45.1 Å². The van der Waals surface area contributed by atoms with Crippen LogP contribution in [-0.4, -0.2) is 16.0 Å². The van der Waals surface area contributed by atoms with Crippen molar-refractivity contribution < 1.29 is 0 Å². The third-order valence-electron chi connectivity index (χ3n) is 3.81. The lowest BCUT2D eigenvalue weighted by Gasteiger charge is -2.31. The van der Waals surface area contributed by atoms with E-state index in [1.165, 1.54) is 32.1 Å². The van der Waals surface area contributed by atoms with Gasteiger partial charge >= 0.3 is 0 Å². The van der Waals surface area contributed by atoms with Crippen LogP contribution in [0.2, 0.25) is 0 Å². The highest BCUT2D eigenvalue weighted by Crippen LogP contribution is 2.28. The number of nitrogens with zero attached hydrogens (tertiary/aromatic N) is 1. The normalized spacial score (nSPS) is 23.6. The highest BCUT2D eigenvalue weighted by Gasteiger charge is 2.23. The fourth-order valence-electron chi connectivity index (χ4n) is 2.70. The molecule has 18 heavy (non-hydrogen) atoms. The number of hydrogen-bond donors (Lipinski definition) is 2. The molecule has 1 heterocycles. The van der Waals surface area contributed by atoms with Crippen LogP contribution in [0.5, 0.6) is 0 Å². The minimum absolute atomic E-state index is 0.401. The first-order chi connectivity index (χ1) is 8.70. The van der Waals surface area contributed by atoms with E-state index < -0.39 is 0 Å². The number of nitrogens with one attached hydrogen (secondary N) is 1. The Balaban J connectivity index is 2.01. The van der Waals surface area contributed by atoms with Crippen molar-refractivity contribution in [1.82, 2.24) is 4.98 Å². The third kappa shape index (κ3) is 3.19. The molecule has 98 valence electrons. The van der Waals surface area contributed by atoms with E-state index in [4.69, 9.17) is 18.0 Å². The molecular weight excluding hydrogens is 242 g/mol. The monoisotopic (exact) mass is 263 g/mol. The Morgan fingerprint density at radius 3 is 2.83 bits per heavy atom. The molecule has 0 saturated heterocycles. The van der Waals surface area contributed by atoms with E-state index in [-0.39, 0.29) is 0 Å². The lowest BCUT2D eigenvalue weighted by molar-refractivity contribution is 0.317. The van der Waals surface area contributed by atoms with Gasteiger partial charge < -0.3 is 11.1 Å². The Kier molecular flexibility index (Phi) is 4.53. The molecule has 1 saturated carbocycles. The minimum atomic E-state index is 0.401. The van der Waals surface area contributed by atoms with E-state index in [9.17, 15) is 0 Å². The molecule has 3 N–H and O–H groups in total. The molecule has 0 amide bonds. The number of hydrogen-bond acceptors (Lipinski definition) is 3. The molecule has 3 nitrogen and oxygen atoms in total. The van der Waals surface area contributed by atoms with Gasteiger partial charge in [-0.2, -0.15) is 0 Å². The Bertz CT molecular complexity index is 402. The molecule has 2 unspecified atom stereocenters. The summed E-state index contributed by atoms with van der Waals surface area (Å²) in [6, 6.07) is 4.46. The zero-order valence-electron chi connectivity index (χ0n) is 10.9. The van der Waals surface area contributed by atoms with Gasteiger partial charge in [-0.1, -0.05) is 38.4 Å². The molecule has 2 atom stereocenters. The predicted octanol–water partition coefficient (Wildman–Crippen LogP) is 3.10. The van der Waals surface area contributed by atoms with Crippen LogP contribution >= 0.6 is 12.2 Å². The van der Waals surface area contributed by atoms with Crippen LogP contribution in [0.1, 0.15) is 44.6 Å². The van der Waals surface area contributed by atoms with Crippen molar-refractivity contribution in [1.29, 1.82) is 0 Å². The first-order valence-electron chi connectivity index (χ1n) is 6.73. The summed E-state index contributed by atoms with van der Waals surface area (Å²) in [5.74, 6) is 1.70. The quantitative estimate of drug-likeness (QED) is 0.820. The Morgan fingerprint density at radius 2 is 2.22 bits per heavy atom. The molecule has 1 fully saturated rings. The number of pyridine rings is 1. The van der Waals surface area contributed by atoms with Crippen molar-refractivity contribution in [2.75, 3.05) is 5.32 Å². The van der Waals surface area contributed by atoms with Crippen molar-refractivity contribution in [3.05, 3.63) is 23.9 Å². The van der Waals surface area contributed by atoms with Gasteiger partial charge in [-0.25, -0.2) is 4.98 Å². The summed E-state index contributed by atoms with van der Waals surface area (Å²) >= 11 is 4.92. The number of nitrogens with two attached hydrogens (primary N) is 1. The summed E-state index contributed by atoms with van der Waals surface area (Å²) in [5, 5.41) is 3.55. The van der Waals surface area contributed by atoms with Crippen LogP contribution in [-0.2, 0) is 0 Å². The topological polar surface area (TPSA) is 50.9 Å². The number of aromatic nitrogens is 1. The van der Waals surface area contributed by atoms with E-state index in [1.807, 2.05) is 12.1 Å². The second-order valence-electron chi connectivity index (χ2n) is 5.00. The fraction of sp³-hybridized carbons (Fsp3) is 0.571. The molecule has 1 aromatic heterocycles. The van der Waals surface area contributed by atoms with Gasteiger partial charge in [0.05, 0.1) is 0 Å². The molecule has 4 heteroatoms. The van der Waals surface area contributed by atoms with Gasteiger partial charge in [-0.15, -0.1) is 0 Å². The first-order valence-corrected chi connectivity index (χ1v) is 7.14. The Labute approximate surface area is 114 Å². The maximum atomic E-state index is 5.56. The van der Waals surface area contributed by atoms with E-state index >= 15 is 0 Å². The molecule has 0 bridgehead atoms. The van der Waals surface area contributed by atoms with Crippen molar-refractivity contribution in [3.8, 4) is 0 Å². The standard InChI is InChI=1S/C14H21N3S/c1-2-10-5-3-4-6-12(10)17-13-8-7-11(9-16-13)14(15)18/h7-10,12H,2-6H2,1H3,(H2,15,18)(H,16,17). The number of rotatable bonds is 4. The zero-order chi connectivity index (χ0) is 13.0. The molecule has 1 aromatic rings. The third-order valence-corrected chi connectivity index (χ3v) is 4.05. The number of anilines is 1. The molecular formula is C14H21N3S. The second-order valence-corrected chi connectivity index (χ2v) is 5.44. The van der Waals surface area contributed by atoms with Crippen LogP contribution in [0.15, 0.2) is 18.3 Å². The first kappa shape index (κ1) is 13.3. The van der Waals surface area contributed by atoms with E-state index in [0.717, 1.165) is 17.3 Å². The second kappa shape index (κ2) is 6.14. The van der Waals surface area contributed by atoms with Crippen LogP contribution in [0.25, 0.3) is 0 Å². The summed E-state index contributed by atoms with van der Waals surface area (Å²) in [7, 11) is 0. The zero-order valence-corrected chi connectivity index (χ0v) is 11.7. The Hall–Kier alpha value is -1.16. The van der Waals surface area contributed by atoms with E-state index in [1.54, 1.807) is 6.20 Å². The fourth-order valence-corrected chi connectivity index (χ4v) is 2.82. The Morgan fingerprint density at radius 1 is 1.44 bits per heavy atom. The van der Waals surface area contributed by atoms with Gasteiger partial charge in [0.25, 0.3) is 0 Å². The lowest BCUT2D eigenvalue weighted by Crippen LogP contribution is -2.32. The van der Waals surface area contributed by atoms with Crippen LogP contribution in [0, 0.1) is 5.92 Å². The summed E-state index contributed by atoms with van der Waals surface area (Å²) < 4.78 is 0. The van der Waals surface area contributed by atoms with Gasteiger partial charge in [0.1, 0.15) is 10.8 Å². The SMILES string of the molecule is CCC1CCCCC1Nc1ccc(C(N)=S)cn1. The minimum Gasteiger partial charge on any atom is -0.389 e. The van der Waals surface area contributed by atoms with Gasteiger partial charge in [-0.3, -0.25) is 0 Å². The van der Waals surface area contributed by atoms with Gasteiger partial charge in [0.15, 0.2) is 0 Å². The van der Waals surface area contributed by atoms with E-state index in [2.05, 4.69) is 17.2 Å². The summed E-state index contributed by atoms with van der Waals surface area (Å²) in [4.78, 5) is 4.79. The lowest BCUT2D eigenvalue weighted by atomic mass is 9.83. The van der Waals surface area contributed by atoms with Crippen LogP contribution < -0.4 is 11.1 Å². The smallest absolute Gasteiger partial charge is 0.126 e. The molecule has 0 aromatic carbocycles. The van der Waals surface area contributed by atoms with Crippen molar-refractivity contribution in [2.24, 2.45) is 11.7 Å². The average molecular weight is 263 g/mol. The van der Waals surface area contributed by atoms with Crippen molar-refractivity contribution >= 4 is 23.0 Å². The average Bonchev–Trinajstić information content (AvgIpc) is 2.40. The molecule has 0 spiro atoms. The van der Waals surface area contributed by atoms with E-state index in [0.29, 0.717) is 11.0 Å². The highest BCUT2D eigenvalue weighted by atomic mass is 32.1. The van der Waals surface area contributed by atoms with Crippen molar-refractivity contribution in [3.63, 3.8) is 0 Å². The number of thiocarbonyl (C=S) groups is 1. The van der Waals surface area contributed by atoms with Crippen LogP contribution in [0.4, 0.5) is 5.82 Å². The van der Waals surface area contributed by atoms with Crippen LogP contribution in [0.3, 0.4) is 0 Å². The summed E-state index contributed by atoms with van der Waals surface area (Å²) in [5.41, 5.74) is 6.39. The maximum absolute atomic E-state index is 5.56. The molecule has 1 aliphatic rings. The summed E-state index contributed by atoms with van der Waals surface area (Å²) in [6.07, 6.45) is 8.25. The molecule has 2 rings (SSSR count). The molecule has 0 radical (unpaired) electrons. The molecule has 0 aliphatic heterocycles. The largest absolute Gasteiger partial charge is 0.389 e. The predicted molar refractivity (Wildman–Crippen MR) is 79.8 cm³/mol. The summed E-state index contributed by atoms with van der Waals surface area (Å²) in [6.45, 7) is 2.27. The maximum Gasteiger partial charge on any atom is 0.126 e. The molecule has 1 aliphatic carbocycles.